The molecule has 1 aromatic carbocycles. The van der Waals surface area contributed by atoms with Gasteiger partial charge in [0.15, 0.2) is 0 Å². The van der Waals surface area contributed by atoms with Gasteiger partial charge < -0.3 is 10.1 Å². The Bertz CT molecular complexity index is 416. The van der Waals surface area contributed by atoms with Crippen molar-refractivity contribution in [1.82, 2.24) is 5.32 Å². The van der Waals surface area contributed by atoms with Crippen LogP contribution in [-0.2, 0) is 4.74 Å². The fourth-order valence-corrected chi connectivity index (χ4v) is 3.27. The van der Waals surface area contributed by atoms with E-state index >= 15 is 0 Å². The van der Waals surface area contributed by atoms with Crippen LogP contribution in [0.15, 0.2) is 12.1 Å². The minimum absolute atomic E-state index is 0.184. The summed E-state index contributed by atoms with van der Waals surface area (Å²) >= 11 is 0. The molecule has 0 aliphatic carbocycles. The van der Waals surface area contributed by atoms with Crippen LogP contribution in [0.2, 0.25) is 0 Å². The molecule has 0 bridgehead atoms. The molecule has 1 fully saturated rings. The molecule has 1 unspecified atom stereocenters. The van der Waals surface area contributed by atoms with Crippen LogP contribution in [0.5, 0.6) is 0 Å². The normalized spacial score (nSPS) is 22.5. The monoisotopic (exact) mass is 261 g/mol. The fourth-order valence-electron chi connectivity index (χ4n) is 3.27. The molecule has 0 saturated carbocycles. The summed E-state index contributed by atoms with van der Waals surface area (Å²) in [6.07, 6.45) is 2.45. The highest BCUT2D eigenvalue weighted by atomic mass is 16.5. The van der Waals surface area contributed by atoms with Crippen LogP contribution in [0.25, 0.3) is 0 Å². The SMILES string of the molecule is CCC1(CC)COC(c2c(C)cc(C)cc2C)CN1. The molecule has 1 aliphatic heterocycles. The molecule has 0 aromatic heterocycles. The number of ether oxygens (including phenoxy) is 1. The van der Waals surface area contributed by atoms with E-state index in [0.717, 1.165) is 26.0 Å². The first-order valence-electron chi connectivity index (χ1n) is 7.45. The van der Waals surface area contributed by atoms with Crippen molar-refractivity contribution < 1.29 is 4.74 Å². The zero-order chi connectivity index (χ0) is 14.0. The second-order valence-corrected chi connectivity index (χ2v) is 5.98. The zero-order valence-electron chi connectivity index (χ0n) is 13.0. The quantitative estimate of drug-likeness (QED) is 0.893. The van der Waals surface area contributed by atoms with Gasteiger partial charge in [-0.2, -0.15) is 0 Å². The van der Waals surface area contributed by atoms with E-state index < -0.39 is 0 Å². The molecular formula is C17H27NO. The van der Waals surface area contributed by atoms with Gasteiger partial charge in [-0.1, -0.05) is 31.5 Å². The van der Waals surface area contributed by atoms with Gasteiger partial charge in [-0.3, -0.25) is 0 Å². The maximum absolute atomic E-state index is 6.20. The molecule has 106 valence electrons. The molecule has 2 rings (SSSR count). The third kappa shape index (κ3) is 2.85. The van der Waals surface area contributed by atoms with Crippen LogP contribution in [-0.4, -0.2) is 18.7 Å². The Balaban J connectivity index is 2.18. The average molecular weight is 261 g/mol. The summed E-state index contributed by atoms with van der Waals surface area (Å²) in [7, 11) is 0. The van der Waals surface area contributed by atoms with Crippen LogP contribution in [0, 0.1) is 20.8 Å². The molecule has 1 aliphatic rings. The van der Waals surface area contributed by atoms with Gasteiger partial charge in [0.25, 0.3) is 0 Å². The number of hydrogen-bond acceptors (Lipinski definition) is 2. The zero-order valence-corrected chi connectivity index (χ0v) is 13.0. The Morgan fingerprint density at radius 1 is 1.16 bits per heavy atom. The number of aryl methyl sites for hydroxylation is 3. The second-order valence-electron chi connectivity index (χ2n) is 5.98. The Hall–Kier alpha value is -0.860. The summed E-state index contributed by atoms with van der Waals surface area (Å²) in [6.45, 7) is 12.8. The van der Waals surface area contributed by atoms with Crippen LogP contribution in [0.1, 0.15) is 55.0 Å². The van der Waals surface area contributed by atoms with E-state index in [4.69, 9.17) is 4.74 Å². The largest absolute Gasteiger partial charge is 0.370 e. The molecule has 2 nitrogen and oxygen atoms in total. The molecule has 0 radical (unpaired) electrons. The van der Waals surface area contributed by atoms with E-state index in [9.17, 15) is 0 Å². The summed E-state index contributed by atoms with van der Waals surface area (Å²) in [5, 5.41) is 3.72. The number of hydrogen-bond donors (Lipinski definition) is 1. The summed E-state index contributed by atoms with van der Waals surface area (Å²) in [4.78, 5) is 0. The van der Waals surface area contributed by atoms with Crippen LogP contribution >= 0.6 is 0 Å². The van der Waals surface area contributed by atoms with E-state index in [2.05, 4.69) is 52.1 Å². The summed E-state index contributed by atoms with van der Waals surface area (Å²) in [5.41, 5.74) is 5.59. The molecule has 1 heterocycles. The Morgan fingerprint density at radius 3 is 2.16 bits per heavy atom. The predicted molar refractivity (Wildman–Crippen MR) is 80.7 cm³/mol. The average Bonchev–Trinajstić information content (AvgIpc) is 2.39. The van der Waals surface area contributed by atoms with E-state index in [0.29, 0.717) is 0 Å². The van der Waals surface area contributed by atoms with E-state index in [1.165, 1.54) is 22.3 Å². The minimum Gasteiger partial charge on any atom is -0.370 e. The predicted octanol–water partition coefficient (Wildman–Crippen LogP) is 3.83. The highest BCUT2D eigenvalue weighted by molar-refractivity contribution is 5.39. The smallest absolute Gasteiger partial charge is 0.0955 e. The molecule has 0 spiro atoms. The van der Waals surface area contributed by atoms with Crippen molar-refractivity contribution in [2.75, 3.05) is 13.2 Å². The van der Waals surface area contributed by atoms with Crippen molar-refractivity contribution in [2.24, 2.45) is 0 Å². The second kappa shape index (κ2) is 5.64. The van der Waals surface area contributed by atoms with Gasteiger partial charge >= 0.3 is 0 Å². The van der Waals surface area contributed by atoms with Gasteiger partial charge in [-0.25, -0.2) is 0 Å². The Labute approximate surface area is 117 Å². The van der Waals surface area contributed by atoms with Gasteiger partial charge in [-0.05, 0) is 50.3 Å². The Kier molecular flexibility index (Phi) is 4.32. The molecule has 2 heteroatoms. The van der Waals surface area contributed by atoms with Crippen molar-refractivity contribution in [3.63, 3.8) is 0 Å². The van der Waals surface area contributed by atoms with Gasteiger partial charge in [0.2, 0.25) is 0 Å². The first-order valence-corrected chi connectivity index (χ1v) is 7.45. The van der Waals surface area contributed by atoms with Gasteiger partial charge in [0, 0.05) is 12.1 Å². The first kappa shape index (κ1) is 14.5. The highest BCUT2D eigenvalue weighted by Crippen LogP contribution is 2.31. The summed E-state index contributed by atoms with van der Waals surface area (Å²) in [5.74, 6) is 0. The lowest BCUT2D eigenvalue weighted by Gasteiger charge is -2.41. The third-order valence-electron chi connectivity index (χ3n) is 4.64. The Morgan fingerprint density at radius 2 is 1.74 bits per heavy atom. The van der Waals surface area contributed by atoms with Gasteiger partial charge in [0.05, 0.1) is 12.7 Å². The van der Waals surface area contributed by atoms with Crippen LogP contribution in [0.3, 0.4) is 0 Å². The van der Waals surface area contributed by atoms with Gasteiger partial charge in [0.1, 0.15) is 0 Å². The maximum Gasteiger partial charge on any atom is 0.0955 e. The molecule has 1 aromatic rings. The molecule has 19 heavy (non-hydrogen) atoms. The van der Waals surface area contributed by atoms with Crippen molar-refractivity contribution in [1.29, 1.82) is 0 Å². The van der Waals surface area contributed by atoms with Gasteiger partial charge in [-0.15, -0.1) is 0 Å². The standard InChI is InChI=1S/C17H27NO/c1-6-17(7-2)11-19-15(10-18-17)16-13(4)8-12(3)9-14(16)5/h8-9,15,18H,6-7,10-11H2,1-5H3. The number of rotatable bonds is 3. The number of nitrogens with one attached hydrogen (secondary N) is 1. The molecule has 1 N–H and O–H groups in total. The number of morpholine rings is 1. The molecule has 1 atom stereocenters. The summed E-state index contributed by atoms with van der Waals surface area (Å²) < 4.78 is 6.20. The molecule has 0 amide bonds. The topological polar surface area (TPSA) is 21.3 Å². The van der Waals surface area contributed by atoms with Crippen molar-refractivity contribution in [3.8, 4) is 0 Å². The van der Waals surface area contributed by atoms with E-state index in [1.54, 1.807) is 0 Å². The lowest BCUT2D eigenvalue weighted by Crippen LogP contribution is -2.54. The summed E-state index contributed by atoms with van der Waals surface area (Å²) in [6, 6.07) is 4.51. The molecule has 1 saturated heterocycles. The van der Waals surface area contributed by atoms with Crippen LogP contribution < -0.4 is 5.32 Å². The van der Waals surface area contributed by atoms with E-state index in [1.807, 2.05) is 0 Å². The van der Waals surface area contributed by atoms with Crippen LogP contribution in [0.4, 0.5) is 0 Å². The lowest BCUT2D eigenvalue weighted by molar-refractivity contribution is -0.0379. The lowest BCUT2D eigenvalue weighted by atomic mass is 9.89. The fraction of sp³-hybridized carbons (Fsp3) is 0.647. The highest BCUT2D eigenvalue weighted by Gasteiger charge is 2.33. The first-order chi connectivity index (χ1) is 9.01. The third-order valence-corrected chi connectivity index (χ3v) is 4.64. The van der Waals surface area contributed by atoms with E-state index in [-0.39, 0.29) is 11.6 Å². The number of benzene rings is 1. The van der Waals surface area contributed by atoms with Crippen molar-refractivity contribution >= 4 is 0 Å². The molecular weight excluding hydrogens is 234 g/mol. The maximum atomic E-state index is 6.20. The van der Waals surface area contributed by atoms with Crippen molar-refractivity contribution in [3.05, 3.63) is 34.4 Å². The van der Waals surface area contributed by atoms with Crippen molar-refractivity contribution in [2.45, 2.75) is 59.1 Å². The minimum atomic E-state index is 0.184.